The predicted molar refractivity (Wildman–Crippen MR) is 83.4 cm³/mol. The number of carbonyl (C=O) groups is 1. The van der Waals surface area contributed by atoms with Gasteiger partial charge in [0.1, 0.15) is 0 Å². The molecule has 0 spiro atoms. The molecular formula is C14H20BrClN2O. The van der Waals surface area contributed by atoms with Crippen LogP contribution in [0.4, 0.5) is 0 Å². The zero-order valence-electron chi connectivity index (χ0n) is 11.2. The van der Waals surface area contributed by atoms with E-state index < -0.39 is 0 Å². The highest BCUT2D eigenvalue weighted by molar-refractivity contribution is 9.10. The third kappa shape index (κ3) is 4.20. The molecule has 0 saturated carbocycles. The van der Waals surface area contributed by atoms with E-state index in [2.05, 4.69) is 21.2 Å². The van der Waals surface area contributed by atoms with Crippen LogP contribution >= 0.6 is 28.3 Å². The van der Waals surface area contributed by atoms with E-state index in [0.717, 1.165) is 23.1 Å². The van der Waals surface area contributed by atoms with Gasteiger partial charge >= 0.3 is 0 Å². The highest BCUT2D eigenvalue weighted by Crippen LogP contribution is 2.19. The lowest BCUT2D eigenvalue weighted by Crippen LogP contribution is -2.49. The fraction of sp³-hybridized carbons (Fsp3) is 0.500. The highest BCUT2D eigenvalue weighted by Gasteiger charge is 2.30. The summed E-state index contributed by atoms with van der Waals surface area (Å²) in [5.74, 6) is 0.862. The molecule has 1 saturated heterocycles. The van der Waals surface area contributed by atoms with Crippen molar-refractivity contribution in [3.8, 4) is 0 Å². The van der Waals surface area contributed by atoms with E-state index in [9.17, 15) is 4.79 Å². The second kappa shape index (κ2) is 7.27. The molecule has 1 aromatic rings. The Morgan fingerprint density at radius 2 is 2.00 bits per heavy atom. The third-order valence-corrected chi connectivity index (χ3v) is 4.15. The van der Waals surface area contributed by atoms with Gasteiger partial charge in [-0.15, -0.1) is 12.4 Å². The largest absolute Gasteiger partial charge is 0.341 e. The predicted octanol–water partition coefficient (Wildman–Crippen LogP) is 2.68. The van der Waals surface area contributed by atoms with Gasteiger partial charge in [0, 0.05) is 24.0 Å². The van der Waals surface area contributed by atoms with Crippen LogP contribution in [0.5, 0.6) is 0 Å². The SMILES string of the molecule is CC(C(=O)N(C)Cc1ccc(Br)cc1)C1CNC1.Cl. The molecule has 0 aliphatic carbocycles. The van der Waals surface area contributed by atoms with Crippen LogP contribution in [0.3, 0.4) is 0 Å². The van der Waals surface area contributed by atoms with Crippen molar-refractivity contribution in [2.75, 3.05) is 20.1 Å². The summed E-state index contributed by atoms with van der Waals surface area (Å²) in [5.41, 5.74) is 1.16. The molecule has 1 aromatic carbocycles. The average molecular weight is 348 g/mol. The molecule has 1 N–H and O–H groups in total. The maximum atomic E-state index is 12.2. The van der Waals surface area contributed by atoms with Gasteiger partial charge in [-0.2, -0.15) is 0 Å². The lowest BCUT2D eigenvalue weighted by Gasteiger charge is -2.34. The number of hydrogen-bond acceptors (Lipinski definition) is 2. The summed E-state index contributed by atoms with van der Waals surface area (Å²) in [5, 5.41) is 3.22. The van der Waals surface area contributed by atoms with Gasteiger partial charge in [0.2, 0.25) is 5.91 Å². The molecule has 0 aromatic heterocycles. The number of nitrogens with one attached hydrogen (secondary N) is 1. The molecule has 1 amide bonds. The minimum absolute atomic E-state index is 0. The van der Waals surface area contributed by atoms with Crippen molar-refractivity contribution >= 4 is 34.2 Å². The van der Waals surface area contributed by atoms with E-state index in [0.29, 0.717) is 12.5 Å². The summed E-state index contributed by atoms with van der Waals surface area (Å²) in [4.78, 5) is 14.1. The molecule has 19 heavy (non-hydrogen) atoms. The fourth-order valence-corrected chi connectivity index (χ4v) is 2.42. The number of carbonyl (C=O) groups excluding carboxylic acids is 1. The van der Waals surface area contributed by atoms with Gasteiger partial charge in [0.15, 0.2) is 0 Å². The van der Waals surface area contributed by atoms with Crippen molar-refractivity contribution < 1.29 is 4.79 Å². The minimum Gasteiger partial charge on any atom is -0.341 e. The molecule has 1 aliphatic rings. The summed E-state index contributed by atoms with van der Waals surface area (Å²) in [6.45, 7) is 4.65. The van der Waals surface area contributed by atoms with E-state index in [1.807, 2.05) is 43.1 Å². The molecule has 0 bridgehead atoms. The van der Waals surface area contributed by atoms with Crippen molar-refractivity contribution in [3.05, 3.63) is 34.3 Å². The number of nitrogens with zero attached hydrogens (tertiary/aromatic N) is 1. The number of rotatable bonds is 4. The van der Waals surface area contributed by atoms with Crippen LogP contribution in [0.25, 0.3) is 0 Å². The first-order valence-electron chi connectivity index (χ1n) is 6.28. The third-order valence-electron chi connectivity index (χ3n) is 3.62. The van der Waals surface area contributed by atoms with Gasteiger partial charge in [-0.05, 0) is 36.7 Å². The lowest BCUT2D eigenvalue weighted by molar-refractivity contribution is -0.136. The van der Waals surface area contributed by atoms with Crippen molar-refractivity contribution in [2.24, 2.45) is 11.8 Å². The van der Waals surface area contributed by atoms with Crippen LogP contribution in [0.15, 0.2) is 28.7 Å². The quantitative estimate of drug-likeness (QED) is 0.908. The van der Waals surface area contributed by atoms with E-state index in [-0.39, 0.29) is 24.2 Å². The molecule has 1 unspecified atom stereocenters. The van der Waals surface area contributed by atoms with Gasteiger partial charge in [0.25, 0.3) is 0 Å². The number of benzene rings is 1. The second-order valence-corrected chi connectivity index (χ2v) is 5.94. The second-order valence-electron chi connectivity index (χ2n) is 5.03. The molecule has 3 nitrogen and oxygen atoms in total. The van der Waals surface area contributed by atoms with Gasteiger partial charge < -0.3 is 10.2 Å². The Morgan fingerprint density at radius 1 is 1.42 bits per heavy atom. The molecule has 0 radical (unpaired) electrons. The summed E-state index contributed by atoms with van der Waals surface area (Å²) in [6.07, 6.45) is 0. The van der Waals surface area contributed by atoms with Crippen molar-refractivity contribution in [3.63, 3.8) is 0 Å². The Kier molecular flexibility index (Phi) is 6.30. The topological polar surface area (TPSA) is 32.3 Å². The van der Waals surface area contributed by atoms with Crippen LogP contribution in [0.2, 0.25) is 0 Å². The zero-order chi connectivity index (χ0) is 13.1. The maximum Gasteiger partial charge on any atom is 0.225 e. The van der Waals surface area contributed by atoms with Crippen LogP contribution < -0.4 is 5.32 Å². The zero-order valence-corrected chi connectivity index (χ0v) is 13.6. The Morgan fingerprint density at radius 3 is 2.47 bits per heavy atom. The van der Waals surface area contributed by atoms with Crippen LogP contribution in [0, 0.1) is 11.8 Å². The van der Waals surface area contributed by atoms with Crippen molar-refractivity contribution in [1.82, 2.24) is 10.2 Å². The van der Waals surface area contributed by atoms with E-state index >= 15 is 0 Å². The van der Waals surface area contributed by atoms with Gasteiger partial charge in [-0.25, -0.2) is 0 Å². The average Bonchev–Trinajstić information content (AvgIpc) is 2.28. The van der Waals surface area contributed by atoms with E-state index in [4.69, 9.17) is 0 Å². The van der Waals surface area contributed by atoms with E-state index in [1.165, 1.54) is 0 Å². The number of hydrogen-bond donors (Lipinski definition) is 1. The Hall–Kier alpha value is -0.580. The standard InChI is InChI=1S/C14H19BrN2O.ClH/c1-10(12-7-16-8-12)14(18)17(2)9-11-3-5-13(15)6-4-11;/h3-6,10,12,16H,7-9H2,1-2H3;1H. The van der Waals surface area contributed by atoms with Gasteiger partial charge in [-0.1, -0.05) is 35.0 Å². The normalized spacial score (nSPS) is 16.2. The summed E-state index contributed by atoms with van der Waals surface area (Å²) in [6, 6.07) is 8.10. The maximum absolute atomic E-state index is 12.2. The number of halogens is 2. The van der Waals surface area contributed by atoms with Crippen molar-refractivity contribution in [2.45, 2.75) is 13.5 Å². The first-order chi connectivity index (χ1) is 8.58. The summed E-state index contributed by atoms with van der Waals surface area (Å²) < 4.78 is 1.06. The first kappa shape index (κ1) is 16.5. The molecule has 2 rings (SSSR count). The first-order valence-corrected chi connectivity index (χ1v) is 7.07. The van der Waals surface area contributed by atoms with E-state index in [1.54, 1.807) is 0 Å². The fourth-order valence-electron chi connectivity index (χ4n) is 2.16. The van der Waals surface area contributed by atoms with Crippen molar-refractivity contribution in [1.29, 1.82) is 0 Å². The minimum atomic E-state index is 0. The summed E-state index contributed by atoms with van der Waals surface area (Å²) in [7, 11) is 1.88. The molecule has 1 fully saturated rings. The van der Waals surface area contributed by atoms with Crippen LogP contribution in [0.1, 0.15) is 12.5 Å². The lowest BCUT2D eigenvalue weighted by atomic mass is 9.88. The molecular weight excluding hydrogens is 328 g/mol. The van der Waals surface area contributed by atoms with Crippen LogP contribution in [-0.4, -0.2) is 30.9 Å². The van der Waals surface area contributed by atoms with Crippen LogP contribution in [-0.2, 0) is 11.3 Å². The molecule has 1 heterocycles. The van der Waals surface area contributed by atoms with Gasteiger partial charge in [0.05, 0.1) is 0 Å². The Labute approximate surface area is 129 Å². The smallest absolute Gasteiger partial charge is 0.225 e. The molecule has 1 atom stereocenters. The molecule has 5 heteroatoms. The molecule has 1 aliphatic heterocycles. The molecule has 106 valence electrons. The Bertz CT molecular complexity index is 420. The highest BCUT2D eigenvalue weighted by atomic mass is 79.9. The van der Waals surface area contributed by atoms with Gasteiger partial charge in [-0.3, -0.25) is 4.79 Å². The Balaban J connectivity index is 0.00000180. The number of amides is 1. The monoisotopic (exact) mass is 346 g/mol. The summed E-state index contributed by atoms with van der Waals surface area (Å²) >= 11 is 3.41.